The molecule has 1 unspecified atom stereocenters. The molecular formula is C26H31ClN4O3. The molecule has 1 aromatic heterocycles. The van der Waals surface area contributed by atoms with Crippen molar-refractivity contribution in [2.24, 2.45) is 0 Å². The van der Waals surface area contributed by atoms with E-state index in [9.17, 15) is 9.59 Å². The summed E-state index contributed by atoms with van der Waals surface area (Å²) in [5.41, 5.74) is 1.67. The van der Waals surface area contributed by atoms with E-state index in [0.29, 0.717) is 22.6 Å². The number of aromatic nitrogens is 2. The Morgan fingerprint density at radius 2 is 1.85 bits per heavy atom. The maximum atomic E-state index is 13.2. The van der Waals surface area contributed by atoms with Crippen LogP contribution in [0.2, 0.25) is 5.02 Å². The van der Waals surface area contributed by atoms with Crippen LogP contribution >= 0.6 is 11.6 Å². The predicted molar refractivity (Wildman–Crippen MR) is 133 cm³/mol. The van der Waals surface area contributed by atoms with E-state index in [4.69, 9.17) is 21.3 Å². The Kier molecular flexibility index (Phi) is 7.73. The molecule has 7 nitrogen and oxygen atoms in total. The van der Waals surface area contributed by atoms with Gasteiger partial charge in [-0.2, -0.15) is 0 Å². The van der Waals surface area contributed by atoms with Crippen LogP contribution in [0.25, 0.3) is 11.0 Å². The van der Waals surface area contributed by atoms with Gasteiger partial charge in [0.05, 0.1) is 17.1 Å². The second kappa shape index (κ2) is 10.9. The Morgan fingerprint density at radius 1 is 1.15 bits per heavy atom. The van der Waals surface area contributed by atoms with Crippen LogP contribution in [0.15, 0.2) is 48.5 Å². The molecule has 1 fully saturated rings. The van der Waals surface area contributed by atoms with Crippen LogP contribution in [-0.4, -0.2) is 46.0 Å². The Hall–Kier alpha value is -3.06. The van der Waals surface area contributed by atoms with E-state index in [0.717, 1.165) is 23.9 Å². The van der Waals surface area contributed by atoms with Crippen LogP contribution < -0.4 is 10.1 Å². The zero-order chi connectivity index (χ0) is 24.1. The second-order valence-electron chi connectivity index (χ2n) is 8.87. The zero-order valence-corrected chi connectivity index (χ0v) is 20.4. The number of benzene rings is 2. The number of fused-ring (bicyclic) bond motifs is 1. The first kappa shape index (κ1) is 24.1. The lowest BCUT2D eigenvalue weighted by Gasteiger charge is -2.31. The summed E-state index contributed by atoms with van der Waals surface area (Å²) in [5, 5.41) is 3.55. The van der Waals surface area contributed by atoms with Crippen LogP contribution in [0.4, 0.5) is 0 Å². The van der Waals surface area contributed by atoms with Crippen molar-refractivity contribution in [2.45, 2.75) is 57.7 Å². The molecule has 2 aromatic carbocycles. The lowest BCUT2D eigenvalue weighted by Crippen LogP contribution is -2.40. The van der Waals surface area contributed by atoms with Gasteiger partial charge >= 0.3 is 0 Å². The van der Waals surface area contributed by atoms with Gasteiger partial charge in [0, 0.05) is 18.1 Å². The van der Waals surface area contributed by atoms with Gasteiger partial charge < -0.3 is 19.5 Å². The third-order valence-electron chi connectivity index (χ3n) is 6.44. The monoisotopic (exact) mass is 482 g/mol. The molecule has 1 aliphatic carbocycles. The molecule has 1 aliphatic rings. The molecule has 2 amide bonds. The summed E-state index contributed by atoms with van der Waals surface area (Å²) in [6.45, 7) is 1.92. The number of nitrogens with one attached hydrogen (secondary N) is 1. The van der Waals surface area contributed by atoms with Crippen LogP contribution in [0.3, 0.4) is 0 Å². The highest BCUT2D eigenvalue weighted by atomic mass is 35.5. The summed E-state index contributed by atoms with van der Waals surface area (Å²) in [6, 6.07) is 14.5. The van der Waals surface area contributed by atoms with E-state index in [1.165, 1.54) is 19.3 Å². The number of likely N-dealkylation sites (N-methyl/N-ethyl adjacent to an activating group) is 1. The van der Waals surface area contributed by atoms with Gasteiger partial charge in [-0.05, 0) is 56.2 Å². The number of nitrogens with zero attached hydrogens (tertiary/aromatic N) is 3. The van der Waals surface area contributed by atoms with Crippen molar-refractivity contribution in [1.82, 2.24) is 19.8 Å². The molecule has 0 saturated heterocycles. The normalized spacial score (nSPS) is 15.1. The van der Waals surface area contributed by atoms with E-state index < -0.39 is 6.04 Å². The molecule has 4 rings (SSSR count). The summed E-state index contributed by atoms with van der Waals surface area (Å²) in [6.07, 6.45) is 5.69. The first-order valence-corrected chi connectivity index (χ1v) is 12.2. The minimum atomic E-state index is -0.401. The zero-order valence-electron chi connectivity index (χ0n) is 19.7. The van der Waals surface area contributed by atoms with Crippen LogP contribution in [0.1, 0.15) is 50.9 Å². The number of rotatable bonds is 8. The van der Waals surface area contributed by atoms with E-state index in [1.54, 1.807) is 24.3 Å². The summed E-state index contributed by atoms with van der Waals surface area (Å²) in [4.78, 5) is 32.4. The molecule has 1 saturated carbocycles. The summed E-state index contributed by atoms with van der Waals surface area (Å²) in [7, 11) is 1.90. The molecule has 0 spiro atoms. The minimum absolute atomic E-state index is 0.0564. The number of hydrogen-bond acceptors (Lipinski definition) is 4. The Balaban J connectivity index is 1.46. The van der Waals surface area contributed by atoms with Gasteiger partial charge in [-0.3, -0.25) is 9.59 Å². The SMILES string of the molecule is CC(NC(=O)COc1ccc(Cl)cc1)c1nc2ccccc2n1CC(=O)N(C)C1CCCCC1. The Labute approximate surface area is 205 Å². The third-order valence-corrected chi connectivity index (χ3v) is 6.69. The van der Waals surface area contributed by atoms with Gasteiger partial charge in [-0.1, -0.05) is 43.0 Å². The van der Waals surface area contributed by atoms with Gasteiger partial charge in [0.2, 0.25) is 5.91 Å². The lowest BCUT2D eigenvalue weighted by atomic mass is 9.94. The second-order valence-corrected chi connectivity index (χ2v) is 9.31. The highest BCUT2D eigenvalue weighted by molar-refractivity contribution is 6.30. The van der Waals surface area contributed by atoms with Crippen LogP contribution in [0.5, 0.6) is 5.75 Å². The number of halogens is 1. The fraction of sp³-hybridized carbons (Fsp3) is 0.423. The van der Waals surface area contributed by atoms with E-state index in [1.807, 2.05) is 47.7 Å². The maximum Gasteiger partial charge on any atom is 0.258 e. The van der Waals surface area contributed by atoms with Crippen molar-refractivity contribution >= 4 is 34.4 Å². The number of imidazole rings is 1. The summed E-state index contributed by atoms with van der Waals surface area (Å²) < 4.78 is 7.47. The number of hydrogen-bond donors (Lipinski definition) is 1. The van der Waals surface area contributed by atoms with Crippen molar-refractivity contribution in [3.05, 3.63) is 59.4 Å². The van der Waals surface area contributed by atoms with E-state index in [2.05, 4.69) is 5.32 Å². The molecule has 0 radical (unpaired) electrons. The number of carbonyl (C=O) groups excluding carboxylic acids is 2. The molecule has 180 valence electrons. The highest BCUT2D eigenvalue weighted by Gasteiger charge is 2.25. The molecule has 0 aliphatic heterocycles. The predicted octanol–water partition coefficient (Wildman–Crippen LogP) is 4.74. The number of ether oxygens (including phenoxy) is 1. The number of amides is 2. The fourth-order valence-corrected chi connectivity index (χ4v) is 4.66. The van der Waals surface area contributed by atoms with Gasteiger partial charge in [-0.25, -0.2) is 4.98 Å². The van der Waals surface area contributed by atoms with Gasteiger partial charge in [0.1, 0.15) is 18.1 Å². The molecule has 1 atom stereocenters. The molecule has 1 heterocycles. The van der Waals surface area contributed by atoms with Gasteiger partial charge in [-0.15, -0.1) is 0 Å². The standard InChI is InChI=1S/C26H31ClN4O3/c1-18(28-24(32)17-34-21-14-12-19(27)13-15-21)26-29-22-10-6-7-11-23(22)31(26)16-25(33)30(2)20-8-4-3-5-9-20/h6-7,10-15,18,20H,3-5,8-9,16-17H2,1-2H3,(H,28,32). The highest BCUT2D eigenvalue weighted by Crippen LogP contribution is 2.24. The molecule has 3 aromatic rings. The first-order valence-electron chi connectivity index (χ1n) is 11.8. The van der Waals surface area contributed by atoms with Crippen molar-refractivity contribution in [1.29, 1.82) is 0 Å². The lowest BCUT2D eigenvalue weighted by molar-refractivity contribution is -0.133. The maximum absolute atomic E-state index is 13.2. The van der Waals surface area contributed by atoms with Gasteiger partial charge in [0.15, 0.2) is 6.61 Å². The van der Waals surface area contributed by atoms with E-state index in [-0.39, 0.29) is 25.0 Å². The summed E-state index contributed by atoms with van der Waals surface area (Å²) >= 11 is 5.89. The molecular weight excluding hydrogens is 452 g/mol. The minimum Gasteiger partial charge on any atom is -0.484 e. The van der Waals surface area contributed by atoms with E-state index >= 15 is 0 Å². The largest absolute Gasteiger partial charge is 0.484 e. The van der Waals surface area contributed by atoms with Crippen LogP contribution in [-0.2, 0) is 16.1 Å². The quantitative estimate of drug-likeness (QED) is 0.503. The van der Waals surface area contributed by atoms with Crippen molar-refractivity contribution in [2.75, 3.05) is 13.7 Å². The Morgan fingerprint density at radius 3 is 2.59 bits per heavy atom. The fourth-order valence-electron chi connectivity index (χ4n) is 4.54. The average Bonchev–Trinajstić information content (AvgIpc) is 3.22. The van der Waals surface area contributed by atoms with Crippen molar-refractivity contribution in [3.8, 4) is 5.75 Å². The molecule has 0 bridgehead atoms. The Bertz CT molecular complexity index is 1140. The third kappa shape index (κ3) is 5.70. The average molecular weight is 483 g/mol. The first-order chi connectivity index (χ1) is 16.4. The molecule has 34 heavy (non-hydrogen) atoms. The molecule has 8 heteroatoms. The van der Waals surface area contributed by atoms with Crippen molar-refractivity contribution < 1.29 is 14.3 Å². The number of para-hydroxylation sites is 2. The topological polar surface area (TPSA) is 76.5 Å². The van der Waals surface area contributed by atoms with Crippen LogP contribution in [0, 0.1) is 0 Å². The number of carbonyl (C=O) groups is 2. The summed E-state index contributed by atoms with van der Waals surface area (Å²) in [5.74, 6) is 0.995. The van der Waals surface area contributed by atoms with Gasteiger partial charge in [0.25, 0.3) is 5.91 Å². The van der Waals surface area contributed by atoms with Crippen molar-refractivity contribution in [3.63, 3.8) is 0 Å². The molecule has 1 N–H and O–H groups in total. The smallest absolute Gasteiger partial charge is 0.258 e.